The summed E-state index contributed by atoms with van der Waals surface area (Å²) in [6.07, 6.45) is 1.58. The molecule has 0 bridgehead atoms. The maximum Gasteiger partial charge on any atom is 0.232 e. The first-order valence-corrected chi connectivity index (χ1v) is 10.3. The Bertz CT molecular complexity index is 686. The van der Waals surface area contributed by atoms with Crippen molar-refractivity contribution in [2.45, 2.75) is 13.3 Å². The molecule has 0 aliphatic heterocycles. The molecule has 0 aliphatic carbocycles. The molecule has 0 spiro atoms. The summed E-state index contributed by atoms with van der Waals surface area (Å²) in [4.78, 5) is 0. The zero-order valence-electron chi connectivity index (χ0n) is 12.9. The number of ether oxygens (including phenoxy) is 1. The van der Waals surface area contributed by atoms with Crippen LogP contribution in [0.5, 0.6) is 5.75 Å². The maximum atomic E-state index is 11.9. The molecule has 0 unspecified atom stereocenters. The summed E-state index contributed by atoms with van der Waals surface area (Å²) in [7, 11) is -5.41. The van der Waals surface area contributed by atoms with Crippen LogP contribution >= 0.6 is 0 Å². The fourth-order valence-electron chi connectivity index (χ4n) is 1.90. The van der Waals surface area contributed by atoms with Gasteiger partial charge in [-0.15, -0.1) is 0 Å². The molecule has 126 valence electrons. The predicted molar refractivity (Wildman–Crippen MR) is 87.3 cm³/mol. The lowest BCUT2D eigenvalue weighted by Crippen LogP contribution is -2.38. The summed E-state index contributed by atoms with van der Waals surface area (Å²) in [5, 5.41) is 0. The summed E-state index contributed by atoms with van der Waals surface area (Å²) >= 11 is 0. The van der Waals surface area contributed by atoms with Crippen molar-refractivity contribution >= 4 is 25.7 Å². The number of anilines is 1. The van der Waals surface area contributed by atoms with E-state index in [1.807, 2.05) is 0 Å². The number of sulfonamides is 2. The van der Waals surface area contributed by atoms with Crippen molar-refractivity contribution in [3.05, 3.63) is 24.3 Å². The molecule has 0 amide bonds. The largest absolute Gasteiger partial charge is 0.497 e. The molecule has 7 nitrogen and oxygen atoms in total. The molecule has 0 radical (unpaired) electrons. The third-order valence-electron chi connectivity index (χ3n) is 2.85. The Kier molecular flexibility index (Phi) is 6.64. The quantitative estimate of drug-likeness (QED) is 0.711. The number of benzene rings is 1. The lowest BCUT2D eigenvalue weighted by atomic mass is 10.3. The van der Waals surface area contributed by atoms with Gasteiger partial charge in [0.25, 0.3) is 0 Å². The van der Waals surface area contributed by atoms with Gasteiger partial charge < -0.3 is 4.74 Å². The molecule has 1 aromatic carbocycles. The SMILES string of the molecule is CCCS(=O)(=O)NCCN(c1cccc(OC)c1)S(C)(=O)=O. The van der Waals surface area contributed by atoms with Crippen molar-refractivity contribution < 1.29 is 21.6 Å². The third-order valence-corrected chi connectivity index (χ3v) is 5.64. The Morgan fingerprint density at radius 1 is 1.23 bits per heavy atom. The molecule has 1 aromatic rings. The molecule has 9 heteroatoms. The van der Waals surface area contributed by atoms with Crippen molar-refractivity contribution in [2.24, 2.45) is 0 Å². The Labute approximate surface area is 132 Å². The highest BCUT2D eigenvalue weighted by molar-refractivity contribution is 7.92. The van der Waals surface area contributed by atoms with E-state index in [2.05, 4.69) is 4.72 Å². The van der Waals surface area contributed by atoms with Gasteiger partial charge in [-0.25, -0.2) is 21.6 Å². The van der Waals surface area contributed by atoms with E-state index in [1.165, 1.54) is 7.11 Å². The van der Waals surface area contributed by atoms with Gasteiger partial charge in [0.15, 0.2) is 0 Å². The van der Waals surface area contributed by atoms with E-state index in [9.17, 15) is 16.8 Å². The van der Waals surface area contributed by atoms with Crippen LogP contribution in [0.15, 0.2) is 24.3 Å². The van der Waals surface area contributed by atoms with Crippen LogP contribution in [0.3, 0.4) is 0 Å². The van der Waals surface area contributed by atoms with E-state index in [-0.39, 0.29) is 18.8 Å². The summed E-state index contributed by atoms with van der Waals surface area (Å²) in [5.41, 5.74) is 0.427. The van der Waals surface area contributed by atoms with E-state index < -0.39 is 20.0 Å². The molecule has 0 aliphatic rings. The zero-order valence-corrected chi connectivity index (χ0v) is 14.6. The normalized spacial score (nSPS) is 12.1. The molecule has 0 fully saturated rings. The van der Waals surface area contributed by atoms with Crippen molar-refractivity contribution in [3.63, 3.8) is 0 Å². The minimum atomic E-state index is -3.53. The van der Waals surface area contributed by atoms with Gasteiger partial charge in [0.2, 0.25) is 20.0 Å². The number of methoxy groups -OCH3 is 1. The number of hydrogen-bond acceptors (Lipinski definition) is 5. The van der Waals surface area contributed by atoms with Crippen LogP contribution in [-0.2, 0) is 20.0 Å². The molecular weight excluding hydrogens is 328 g/mol. The average molecular weight is 350 g/mol. The molecule has 1 N–H and O–H groups in total. The van der Waals surface area contributed by atoms with Gasteiger partial charge >= 0.3 is 0 Å². The van der Waals surface area contributed by atoms with E-state index in [0.717, 1.165) is 10.6 Å². The first-order chi connectivity index (χ1) is 10.2. The van der Waals surface area contributed by atoms with E-state index in [0.29, 0.717) is 17.9 Å². The van der Waals surface area contributed by atoms with Gasteiger partial charge in [-0.2, -0.15) is 0 Å². The maximum absolute atomic E-state index is 11.9. The lowest BCUT2D eigenvalue weighted by molar-refractivity contribution is 0.415. The van der Waals surface area contributed by atoms with Crippen molar-refractivity contribution in [1.82, 2.24) is 4.72 Å². The minimum Gasteiger partial charge on any atom is -0.497 e. The van der Waals surface area contributed by atoms with Crippen LogP contribution < -0.4 is 13.8 Å². The van der Waals surface area contributed by atoms with Crippen molar-refractivity contribution in [1.29, 1.82) is 0 Å². The average Bonchev–Trinajstić information content (AvgIpc) is 2.42. The highest BCUT2D eigenvalue weighted by atomic mass is 32.2. The minimum absolute atomic E-state index is 0.00656. The molecular formula is C13H22N2O5S2. The Morgan fingerprint density at radius 3 is 2.45 bits per heavy atom. The first kappa shape index (κ1) is 18.7. The Hall–Kier alpha value is -1.32. The molecule has 22 heavy (non-hydrogen) atoms. The Balaban J connectivity index is 2.87. The first-order valence-electron chi connectivity index (χ1n) is 6.78. The van der Waals surface area contributed by atoms with E-state index in [4.69, 9.17) is 4.74 Å². The van der Waals surface area contributed by atoms with Gasteiger partial charge in [0.1, 0.15) is 5.75 Å². The second kappa shape index (κ2) is 7.80. The number of rotatable bonds is 9. The van der Waals surface area contributed by atoms with Crippen LogP contribution in [0.2, 0.25) is 0 Å². The fourth-order valence-corrected chi connectivity index (χ4v) is 3.90. The topological polar surface area (TPSA) is 92.8 Å². The third kappa shape index (κ3) is 5.82. The number of nitrogens with one attached hydrogen (secondary N) is 1. The molecule has 0 aromatic heterocycles. The van der Waals surface area contributed by atoms with E-state index in [1.54, 1.807) is 31.2 Å². The highest BCUT2D eigenvalue weighted by Crippen LogP contribution is 2.22. The number of nitrogens with zero attached hydrogens (tertiary/aromatic N) is 1. The summed E-state index contributed by atoms with van der Waals surface area (Å²) < 4.78 is 55.7. The van der Waals surface area contributed by atoms with E-state index >= 15 is 0 Å². The number of hydrogen-bond donors (Lipinski definition) is 1. The molecule has 0 saturated heterocycles. The molecule has 0 heterocycles. The van der Waals surface area contributed by atoms with Crippen LogP contribution in [0, 0.1) is 0 Å². The monoisotopic (exact) mass is 350 g/mol. The summed E-state index contributed by atoms with van der Waals surface area (Å²) in [6.45, 7) is 1.78. The Morgan fingerprint density at radius 2 is 1.91 bits per heavy atom. The smallest absolute Gasteiger partial charge is 0.232 e. The van der Waals surface area contributed by atoms with Gasteiger partial charge in [-0.1, -0.05) is 13.0 Å². The van der Waals surface area contributed by atoms with Gasteiger partial charge in [0, 0.05) is 19.2 Å². The molecule has 0 atom stereocenters. The standard InChI is InChI=1S/C13H22N2O5S2/c1-4-10-22(18,19)14-8-9-15(21(3,16)17)12-6-5-7-13(11-12)20-2/h5-7,11,14H,4,8-10H2,1-3H3. The molecule has 0 saturated carbocycles. The zero-order chi connectivity index (χ0) is 16.8. The summed E-state index contributed by atoms with van der Waals surface area (Å²) in [5.74, 6) is 0.545. The predicted octanol–water partition coefficient (Wildman–Crippen LogP) is 0.791. The molecule has 1 rings (SSSR count). The van der Waals surface area contributed by atoms with Crippen molar-refractivity contribution in [2.75, 3.05) is 36.5 Å². The highest BCUT2D eigenvalue weighted by Gasteiger charge is 2.18. The van der Waals surface area contributed by atoms with Gasteiger partial charge in [-0.05, 0) is 18.6 Å². The van der Waals surface area contributed by atoms with Crippen LogP contribution in [0.1, 0.15) is 13.3 Å². The van der Waals surface area contributed by atoms with Gasteiger partial charge in [-0.3, -0.25) is 4.31 Å². The second-order valence-electron chi connectivity index (χ2n) is 4.75. The van der Waals surface area contributed by atoms with Gasteiger partial charge in [0.05, 0.1) is 24.8 Å². The van der Waals surface area contributed by atoms with Crippen LogP contribution in [0.4, 0.5) is 5.69 Å². The fraction of sp³-hybridized carbons (Fsp3) is 0.538. The second-order valence-corrected chi connectivity index (χ2v) is 8.58. The van der Waals surface area contributed by atoms with Crippen molar-refractivity contribution in [3.8, 4) is 5.75 Å². The van der Waals surface area contributed by atoms with Crippen LogP contribution in [0.25, 0.3) is 0 Å². The summed E-state index contributed by atoms with van der Waals surface area (Å²) in [6, 6.07) is 6.59. The van der Waals surface area contributed by atoms with Crippen LogP contribution in [-0.4, -0.2) is 49.0 Å². The lowest BCUT2D eigenvalue weighted by Gasteiger charge is -2.23.